The van der Waals surface area contributed by atoms with Crippen LogP contribution in [0.2, 0.25) is 0 Å². The Morgan fingerprint density at radius 2 is 2.08 bits per heavy atom. The Morgan fingerprint density at radius 3 is 2.58 bits per heavy atom. The van der Waals surface area contributed by atoms with Crippen LogP contribution in [-0.2, 0) is 0 Å². The van der Waals surface area contributed by atoms with Crippen molar-refractivity contribution in [2.75, 3.05) is 6.54 Å². The van der Waals surface area contributed by atoms with Gasteiger partial charge in [-0.25, -0.2) is 9.98 Å². The highest BCUT2D eigenvalue weighted by atomic mass is 32.1. The van der Waals surface area contributed by atoms with E-state index in [0.717, 1.165) is 37.2 Å². The Hall–Kier alpha value is -0.610. The topological polar surface area (TPSA) is 50.7 Å². The van der Waals surface area contributed by atoms with Gasteiger partial charge in [0.2, 0.25) is 5.11 Å². The van der Waals surface area contributed by atoms with Crippen LogP contribution in [0.3, 0.4) is 0 Å². The molecule has 4 heteroatoms. The largest absolute Gasteiger partial charge is 0.330 e. The molecule has 3 nitrogen and oxygen atoms in total. The summed E-state index contributed by atoms with van der Waals surface area (Å²) in [6.45, 7) is 2.69. The Labute approximate surface area is 77.8 Å². The Morgan fingerprint density at radius 1 is 1.33 bits per heavy atom. The highest BCUT2D eigenvalue weighted by Gasteiger charge is 2.11. The molecule has 1 heterocycles. The van der Waals surface area contributed by atoms with E-state index < -0.39 is 0 Å². The number of nitrogens with two attached hydrogens (primary N) is 1. The molecule has 0 fully saturated rings. The van der Waals surface area contributed by atoms with Crippen LogP contribution in [0.15, 0.2) is 9.98 Å². The van der Waals surface area contributed by atoms with E-state index in [1.807, 2.05) is 6.92 Å². The normalized spacial score (nSPS) is 16.3. The monoisotopic (exact) mass is 183 g/mol. The average Bonchev–Trinajstić information content (AvgIpc) is 2.31. The van der Waals surface area contributed by atoms with Crippen LogP contribution in [0.1, 0.15) is 26.2 Å². The first kappa shape index (κ1) is 9.48. The van der Waals surface area contributed by atoms with Gasteiger partial charge in [-0.3, -0.25) is 0 Å². The third-order valence-corrected chi connectivity index (χ3v) is 1.96. The molecule has 0 saturated carbocycles. The molecule has 0 unspecified atom stereocenters. The van der Waals surface area contributed by atoms with E-state index in [1.54, 1.807) is 0 Å². The molecule has 0 bridgehead atoms. The summed E-state index contributed by atoms with van der Waals surface area (Å²) in [5, 5.41) is 0.468. The second-order valence-electron chi connectivity index (χ2n) is 2.78. The minimum atomic E-state index is 0.468. The van der Waals surface area contributed by atoms with Gasteiger partial charge in [-0.15, -0.1) is 0 Å². The number of aliphatic imine (C=N–C) groups is 2. The van der Waals surface area contributed by atoms with Crippen LogP contribution < -0.4 is 5.73 Å². The number of hydrogen-bond acceptors (Lipinski definition) is 2. The van der Waals surface area contributed by atoms with Crippen molar-refractivity contribution < 1.29 is 0 Å². The zero-order valence-electron chi connectivity index (χ0n) is 7.21. The van der Waals surface area contributed by atoms with Gasteiger partial charge in [0.15, 0.2) is 0 Å². The van der Waals surface area contributed by atoms with Crippen molar-refractivity contribution in [1.82, 2.24) is 0 Å². The van der Waals surface area contributed by atoms with Crippen LogP contribution >= 0.6 is 12.2 Å². The average molecular weight is 183 g/mol. The van der Waals surface area contributed by atoms with E-state index >= 15 is 0 Å². The van der Waals surface area contributed by atoms with Crippen molar-refractivity contribution in [2.24, 2.45) is 15.7 Å². The Kier molecular flexibility index (Phi) is 3.49. The number of rotatable bonds is 4. The lowest BCUT2D eigenvalue weighted by Gasteiger charge is -1.98. The van der Waals surface area contributed by atoms with Gasteiger partial charge in [0.1, 0.15) is 0 Å². The first-order chi connectivity index (χ1) is 5.74. The van der Waals surface area contributed by atoms with Gasteiger partial charge >= 0.3 is 0 Å². The van der Waals surface area contributed by atoms with Gasteiger partial charge in [-0.2, -0.15) is 0 Å². The zero-order chi connectivity index (χ0) is 8.97. The van der Waals surface area contributed by atoms with Gasteiger partial charge in [-0.05, 0) is 44.9 Å². The first-order valence-corrected chi connectivity index (χ1v) is 4.52. The third kappa shape index (κ3) is 2.46. The lowest BCUT2D eigenvalue weighted by molar-refractivity contribution is 0.776. The van der Waals surface area contributed by atoms with Gasteiger partial charge in [0, 0.05) is 0 Å². The van der Waals surface area contributed by atoms with Gasteiger partial charge in [0.25, 0.3) is 0 Å². The summed E-state index contributed by atoms with van der Waals surface area (Å²) >= 11 is 4.85. The molecule has 1 aliphatic heterocycles. The van der Waals surface area contributed by atoms with Crippen LogP contribution in [0.25, 0.3) is 0 Å². The maximum absolute atomic E-state index is 5.38. The maximum atomic E-state index is 5.38. The molecule has 0 amide bonds. The van der Waals surface area contributed by atoms with Crippen LogP contribution in [0.5, 0.6) is 0 Å². The van der Waals surface area contributed by atoms with E-state index in [-0.39, 0.29) is 0 Å². The lowest BCUT2D eigenvalue weighted by atomic mass is 10.1. The van der Waals surface area contributed by atoms with Gasteiger partial charge in [-0.1, -0.05) is 0 Å². The highest BCUT2D eigenvalue weighted by molar-refractivity contribution is 7.80. The van der Waals surface area contributed by atoms with Crippen LogP contribution in [0.4, 0.5) is 0 Å². The van der Waals surface area contributed by atoms with E-state index in [0.29, 0.717) is 5.11 Å². The predicted octanol–water partition coefficient (Wildman–Crippen LogP) is 1.32. The fourth-order valence-electron chi connectivity index (χ4n) is 1.10. The fraction of sp³-hybridized carbons (Fsp3) is 0.625. The number of nitrogens with zero attached hydrogens (tertiary/aromatic N) is 2. The van der Waals surface area contributed by atoms with Gasteiger partial charge in [0.05, 0.1) is 11.4 Å². The zero-order valence-corrected chi connectivity index (χ0v) is 8.02. The maximum Gasteiger partial charge on any atom is 0.219 e. The summed E-state index contributed by atoms with van der Waals surface area (Å²) in [4.78, 5) is 8.21. The Balaban J connectivity index is 2.39. The standard InChI is InChI=1S/C8H13N3S/c1-6-7(4-2-3-5-9)11-8(12)10-6/h2-5,9H2,1H3. The molecule has 0 spiro atoms. The molecule has 12 heavy (non-hydrogen) atoms. The van der Waals surface area contributed by atoms with Crippen molar-refractivity contribution in [2.45, 2.75) is 26.2 Å². The number of unbranched alkanes of at least 4 members (excludes halogenated alkanes) is 1. The van der Waals surface area contributed by atoms with Crippen LogP contribution in [0, 0.1) is 0 Å². The van der Waals surface area contributed by atoms with Crippen molar-refractivity contribution in [3.63, 3.8) is 0 Å². The van der Waals surface area contributed by atoms with Crippen LogP contribution in [-0.4, -0.2) is 23.1 Å². The summed E-state index contributed by atoms with van der Waals surface area (Å²) in [6.07, 6.45) is 3.07. The fourth-order valence-corrected chi connectivity index (χ4v) is 1.35. The number of thiocarbonyl (C=S) groups is 1. The van der Waals surface area contributed by atoms with E-state index in [9.17, 15) is 0 Å². The molecule has 0 atom stereocenters. The Bertz CT molecular complexity index is 243. The third-order valence-electron chi connectivity index (χ3n) is 1.78. The van der Waals surface area contributed by atoms with Crippen molar-refractivity contribution in [3.05, 3.63) is 0 Å². The summed E-state index contributed by atoms with van der Waals surface area (Å²) < 4.78 is 0. The molecule has 1 rings (SSSR count). The minimum absolute atomic E-state index is 0.468. The molecule has 0 aromatic rings. The second kappa shape index (κ2) is 4.42. The molecular formula is C8H13N3S. The summed E-state index contributed by atoms with van der Waals surface area (Å²) in [7, 11) is 0. The van der Waals surface area contributed by atoms with E-state index in [2.05, 4.69) is 9.98 Å². The minimum Gasteiger partial charge on any atom is -0.330 e. The molecule has 0 aromatic carbocycles. The van der Waals surface area contributed by atoms with Crippen molar-refractivity contribution >= 4 is 28.8 Å². The summed E-state index contributed by atoms with van der Waals surface area (Å²) in [5.74, 6) is 0. The highest BCUT2D eigenvalue weighted by Crippen LogP contribution is 2.06. The van der Waals surface area contributed by atoms with E-state index in [4.69, 9.17) is 18.0 Å². The molecule has 1 aliphatic rings. The quantitative estimate of drug-likeness (QED) is 0.528. The first-order valence-electron chi connectivity index (χ1n) is 4.11. The molecular weight excluding hydrogens is 170 g/mol. The summed E-state index contributed by atoms with van der Waals surface area (Å²) in [6, 6.07) is 0. The molecule has 0 radical (unpaired) electrons. The van der Waals surface area contributed by atoms with Crippen molar-refractivity contribution in [1.29, 1.82) is 0 Å². The van der Waals surface area contributed by atoms with Crippen molar-refractivity contribution in [3.8, 4) is 0 Å². The summed E-state index contributed by atoms with van der Waals surface area (Å²) in [5.41, 5.74) is 7.38. The number of hydrogen-bond donors (Lipinski definition) is 1. The smallest absolute Gasteiger partial charge is 0.219 e. The SMILES string of the molecule is CC1=NC(=S)N=C1CCCCN. The second-order valence-corrected chi connectivity index (χ2v) is 3.15. The predicted molar refractivity (Wildman–Crippen MR) is 56.0 cm³/mol. The van der Waals surface area contributed by atoms with E-state index in [1.165, 1.54) is 0 Å². The molecule has 66 valence electrons. The molecule has 0 aromatic heterocycles. The molecule has 2 N–H and O–H groups in total. The lowest BCUT2D eigenvalue weighted by Crippen LogP contribution is -2.07. The molecule has 0 aliphatic carbocycles. The van der Waals surface area contributed by atoms with Gasteiger partial charge < -0.3 is 5.73 Å². The molecule has 0 saturated heterocycles.